The van der Waals surface area contributed by atoms with Crippen LogP contribution < -0.4 is 9.64 Å². The lowest BCUT2D eigenvalue weighted by atomic mass is 9.89. The Hall–Kier alpha value is -3.67. The van der Waals surface area contributed by atoms with Crippen LogP contribution in [0.15, 0.2) is 48.5 Å². The molecule has 164 valence electrons. The maximum atomic E-state index is 13.6. The first-order valence-corrected chi connectivity index (χ1v) is 10.7. The van der Waals surface area contributed by atoms with Crippen LogP contribution in [0.4, 0.5) is 5.69 Å². The van der Waals surface area contributed by atoms with Crippen molar-refractivity contribution in [2.45, 2.75) is 33.6 Å². The number of anilines is 1. The number of carbonyl (C=O) groups is 3. The van der Waals surface area contributed by atoms with Crippen molar-refractivity contribution in [1.29, 1.82) is 0 Å². The number of imide groups is 1. The summed E-state index contributed by atoms with van der Waals surface area (Å²) >= 11 is 0. The number of amides is 2. The summed E-state index contributed by atoms with van der Waals surface area (Å²) in [5.74, 6) is -1.01. The number of hydrogen-bond donors (Lipinski definition) is 1. The third-order valence-electron chi connectivity index (χ3n) is 5.56. The zero-order valence-corrected chi connectivity index (χ0v) is 18.3. The topological polar surface area (TPSA) is 83.9 Å². The molecule has 1 N–H and O–H groups in total. The molecule has 0 atom stereocenters. The van der Waals surface area contributed by atoms with Gasteiger partial charge in [0.25, 0.3) is 11.8 Å². The molecule has 6 nitrogen and oxygen atoms in total. The summed E-state index contributed by atoms with van der Waals surface area (Å²) < 4.78 is 5.92. The molecule has 32 heavy (non-hydrogen) atoms. The SMILES string of the molecule is CCOc1c2c(c(CC(C)C)c3ccccc13)C(=O)N(c1ccc(CC(=O)O)cc1)C2=O. The summed E-state index contributed by atoms with van der Waals surface area (Å²) in [6, 6.07) is 14.2. The Balaban J connectivity index is 1.91. The normalized spacial score (nSPS) is 13.2. The van der Waals surface area contributed by atoms with E-state index in [1.165, 1.54) is 4.90 Å². The average molecular weight is 431 g/mol. The number of rotatable bonds is 7. The van der Waals surface area contributed by atoms with Crippen LogP contribution in [0.2, 0.25) is 0 Å². The number of nitrogens with zero attached hydrogens (tertiary/aromatic N) is 1. The molecule has 3 aromatic rings. The number of carbonyl (C=O) groups excluding carboxylic acids is 2. The molecule has 0 spiro atoms. The van der Waals surface area contributed by atoms with Gasteiger partial charge in [-0.1, -0.05) is 50.2 Å². The summed E-state index contributed by atoms with van der Waals surface area (Å²) in [5.41, 5.74) is 2.57. The molecule has 4 rings (SSSR count). The first-order valence-electron chi connectivity index (χ1n) is 10.7. The molecule has 6 heteroatoms. The van der Waals surface area contributed by atoms with Crippen molar-refractivity contribution in [2.24, 2.45) is 5.92 Å². The second kappa shape index (κ2) is 8.46. The molecule has 0 aromatic heterocycles. The largest absolute Gasteiger partial charge is 0.492 e. The highest BCUT2D eigenvalue weighted by Gasteiger charge is 2.42. The molecular weight excluding hydrogens is 406 g/mol. The summed E-state index contributed by atoms with van der Waals surface area (Å²) in [7, 11) is 0. The first kappa shape index (κ1) is 21.6. The third-order valence-corrected chi connectivity index (χ3v) is 5.56. The number of carboxylic acids is 1. The highest BCUT2D eigenvalue weighted by molar-refractivity contribution is 6.37. The Morgan fingerprint density at radius 1 is 0.969 bits per heavy atom. The summed E-state index contributed by atoms with van der Waals surface area (Å²) in [6.45, 7) is 6.38. The molecule has 2 amide bonds. The van der Waals surface area contributed by atoms with Crippen LogP contribution in [0.5, 0.6) is 5.75 Å². The molecule has 0 saturated carbocycles. The number of benzene rings is 3. The van der Waals surface area contributed by atoms with E-state index in [0.717, 1.165) is 16.3 Å². The van der Waals surface area contributed by atoms with Crippen molar-refractivity contribution in [1.82, 2.24) is 0 Å². The molecule has 1 aliphatic rings. The fourth-order valence-corrected chi connectivity index (χ4v) is 4.32. The molecule has 1 aliphatic heterocycles. The van der Waals surface area contributed by atoms with Crippen LogP contribution in [-0.2, 0) is 17.6 Å². The van der Waals surface area contributed by atoms with Crippen molar-refractivity contribution in [2.75, 3.05) is 11.5 Å². The minimum absolute atomic E-state index is 0.124. The van der Waals surface area contributed by atoms with E-state index >= 15 is 0 Å². The van der Waals surface area contributed by atoms with Crippen molar-refractivity contribution >= 4 is 34.2 Å². The van der Waals surface area contributed by atoms with Gasteiger partial charge >= 0.3 is 5.97 Å². The molecule has 0 fully saturated rings. The van der Waals surface area contributed by atoms with E-state index in [0.29, 0.717) is 41.2 Å². The Morgan fingerprint density at radius 2 is 1.59 bits per heavy atom. The van der Waals surface area contributed by atoms with E-state index in [2.05, 4.69) is 13.8 Å². The van der Waals surface area contributed by atoms with E-state index in [1.807, 2.05) is 31.2 Å². The van der Waals surface area contributed by atoms with Gasteiger partial charge in [-0.25, -0.2) is 4.90 Å². The molecule has 0 unspecified atom stereocenters. The monoisotopic (exact) mass is 431 g/mol. The van der Waals surface area contributed by atoms with Crippen LogP contribution >= 0.6 is 0 Å². The minimum atomic E-state index is -0.940. The van der Waals surface area contributed by atoms with Crippen molar-refractivity contribution in [3.05, 3.63) is 70.8 Å². The summed E-state index contributed by atoms with van der Waals surface area (Å²) in [5, 5.41) is 10.7. The van der Waals surface area contributed by atoms with Crippen LogP contribution in [0.3, 0.4) is 0 Å². The number of aliphatic carboxylic acids is 1. The maximum Gasteiger partial charge on any atom is 0.307 e. The number of carboxylic acid groups (broad SMARTS) is 1. The Morgan fingerprint density at radius 3 is 2.19 bits per heavy atom. The van der Waals surface area contributed by atoms with Crippen molar-refractivity contribution in [3.8, 4) is 5.75 Å². The Labute approximate surface area is 186 Å². The number of fused-ring (bicyclic) bond motifs is 2. The number of hydrogen-bond acceptors (Lipinski definition) is 4. The summed E-state index contributed by atoms with van der Waals surface area (Å²) in [6.07, 6.45) is 0.528. The van der Waals surface area contributed by atoms with Crippen molar-refractivity contribution < 1.29 is 24.2 Å². The van der Waals surface area contributed by atoms with Crippen LogP contribution in [0, 0.1) is 5.92 Å². The third kappa shape index (κ3) is 3.62. The van der Waals surface area contributed by atoms with Crippen LogP contribution in [-0.4, -0.2) is 29.5 Å². The Bertz CT molecular complexity index is 1230. The molecule has 0 aliphatic carbocycles. The van der Waals surface area contributed by atoms with Gasteiger partial charge in [0.05, 0.1) is 29.8 Å². The zero-order valence-electron chi connectivity index (χ0n) is 18.3. The lowest BCUT2D eigenvalue weighted by Gasteiger charge is -2.17. The van der Waals surface area contributed by atoms with E-state index in [1.54, 1.807) is 24.3 Å². The minimum Gasteiger partial charge on any atom is -0.492 e. The standard InChI is InChI=1S/C26H25NO5/c1-4-32-24-19-8-6-5-7-18(19)20(13-15(2)3)22-23(24)26(31)27(25(22)30)17-11-9-16(10-12-17)14-21(28)29/h5-12,15H,4,13-14H2,1-3H3,(H,28,29). The summed E-state index contributed by atoms with van der Waals surface area (Å²) in [4.78, 5) is 39.3. The van der Waals surface area contributed by atoms with E-state index in [-0.39, 0.29) is 18.2 Å². The molecule has 0 saturated heterocycles. The predicted molar refractivity (Wildman–Crippen MR) is 123 cm³/mol. The van der Waals surface area contributed by atoms with E-state index in [9.17, 15) is 14.4 Å². The number of ether oxygens (including phenoxy) is 1. The van der Waals surface area contributed by atoms with Gasteiger partial charge in [-0.3, -0.25) is 14.4 Å². The molecular formula is C26H25NO5. The molecule has 0 radical (unpaired) electrons. The molecule has 1 heterocycles. The fraction of sp³-hybridized carbons (Fsp3) is 0.269. The van der Waals surface area contributed by atoms with E-state index < -0.39 is 11.9 Å². The highest BCUT2D eigenvalue weighted by Crippen LogP contribution is 2.43. The van der Waals surface area contributed by atoms with Gasteiger partial charge in [-0.2, -0.15) is 0 Å². The van der Waals surface area contributed by atoms with Gasteiger partial charge in [0, 0.05) is 5.39 Å². The molecule has 0 bridgehead atoms. The van der Waals surface area contributed by atoms with Crippen LogP contribution in [0.25, 0.3) is 10.8 Å². The lowest BCUT2D eigenvalue weighted by molar-refractivity contribution is -0.136. The van der Waals surface area contributed by atoms with Gasteiger partial charge in [0.2, 0.25) is 0 Å². The van der Waals surface area contributed by atoms with Crippen LogP contribution in [0.1, 0.15) is 52.6 Å². The zero-order chi connectivity index (χ0) is 23.0. The van der Waals surface area contributed by atoms with E-state index in [4.69, 9.17) is 9.84 Å². The van der Waals surface area contributed by atoms with Gasteiger partial charge < -0.3 is 9.84 Å². The predicted octanol–water partition coefficient (Wildman–Crippen LogP) is 4.86. The van der Waals surface area contributed by atoms with Gasteiger partial charge in [-0.15, -0.1) is 0 Å². The second-order valence-electron chi connectivity index (χ2n) is 8.32. The maximum absolute atomic E-state index is 13.6. The Kier molecular flexibility index (Phi) is 5.70. The fourth-order valence-electron chi connectivity index (χ4n) is 4.32. The van der Waals surface area contributed by atoms with Gasteiger partial charge in [0.15, 0.2) is 0 Å². The highest BCUT2D eigenvalue weighted by atomic mass is 16.5. The smallest absolute Gasteiger partial charge is 0.307 e. The quantitative estimate of drug-likeness (QED) is 0.540. The first-order chi connectivity index (χ1) is 15.3. The molecule has 3 aromatic carbocycles. The van der Waals surface area contributed by atoms with Gasteiger partial charge in [-0.05, 0) is 47.9 Å². The van der Waals surface area contributed by atoms with Gasteiger partial charge in [0.1, 0.15) is 5.75 Å². The van der Waals surface area contributed by atoms with Crippen molar-refractivity contribution in [3.63, 3.8) is 0 Å². The second-order valence-corrected chi connectivity index (χ2v) is 8.32. The average Bonchev–Trinajstić information content (AvgIpc) is 3.01. The lowest BCUT2D eigenvalue weighted by Crippen LogP contribution is -2.29.